The van der Waals surface area contributed by atoms with Crippen molar-refractivity contribution >= 4 is 10.0 Å². The normalized spacial score (nSPS) is 21.9. The molecule has 0 bridgehead atoms. The number of benzene rings is 1. The van der Waals surface area contributed by atoms with Gasteiger partial charge in [0, 0.05) is 18.5 Å². The van der Waals surface area contributed by atoms with E-state index in [4.69, 9.17) is 9.47 Å². The molecule has 20 heavy (non-hydrogen) atoms. The zero-order chi connectivity index (χ0) is 14.2. The summed E-state index contributed by atoms with van der Waals surface area (Å²) >= 11 is 0. The molecule has 1 aliphatic carbocycles. The second-order valence-corrected chi connectivity index (χ2v) is 7.49. The largest absolute Gasteiger partial charge is 0.497 e. The fourth-order valence-electron chi connectivity index (χ4n) is 2.40. The molecule has 5 nitrogen and oxygen atoms in total. The summed E-state index contributed by atoms with van der Waals surface area (Å²) in [5.41, 5.74) is 1.10. The first-order valence-corrected chi connectivity index (χ1v) is 8.41. The number of methoxy groups -OCH3 is 1. The number of ether oxygens (including phenoxy) is 2. The van der Waals surface area contributed by atoms with Gasteiger partial charge in [-0.2, -0.15) is 0 Å². The second kappa shape index (κ2) is 5.26. The van der Waals surface area contributed by atoms with E-state index in [1.165, 1.54) is 0 Å². The lowest BCUT2D eigenvalue weighted by Crippen LogP contribution is -2.36. The highest BCUT2D eigenvalue weighted by Gasteiger charge is 2.36. The third kappa shape index (κ3) is 2.91. The van der Waals surface area contributed by atoms with Crippen molar-refractivity contribution in [3.05, 3.63) is 23.8 Å². The van der Waals surface area contributed by atoms with Gasteiger partial charge in [0.2, 0.25) is 10.0 Å². The van der Waals surface area contributed by atoms with Gasteiger partial charge in [-0.1, -0.05) is 6.07 Å². The Morgan fingerprint density at radius 3 is 2.90 bits per heavy atom. The van der Waals surface area contributed by atoms with Gasteiger partial charge in [-0.05, 0) is 30.9 Å². The fourth-order valence-corrected chi connectivity index (χ4v) is 3.86. The van der Waals surface area contributed by atoms with Crippen LogP contribution < -0.4 is 14.2 Å². The van der Waals surface area contributed by atoms with Gasteiger partial charge in [0.25, 0.3) is 0 Å². The molecule has 1 aromatic carbocycles. The molecule has 1 fully saturated rings. The van der Waals surface area contributed by atoms with Crippen LogP contribution in [0, 0.1) is 5.92 Å². The Labute approximate surface area is 119 Å². The molecule has 3 rings (SSSR count). The molecule has 0 radical (unpaired) electrons. The number of hydrogen-bond donors (Lipinski definition) is 1. The summed E-state index contributed by atoms with van der Waals surface area (Å²) in [5.74, 6) is 1.80. The minimum Gasteiger partial charge on any atom is -0.497 e. The minimum atomic E-state index is -3.10. The standard InChI is InChI=1S/C14H19NO4S/c1-18-12-3-2-11-6-10(9-19-14(11)7-12)8-15-20(16,17)13-4-5-13/h2-3,7,10,13,15H,4-6,8-9H2,1H3. The highest BCUT2D eigenvalue weighted by molar-refractivity contribution is 7.90. The van der Waals surface area contributed by atoms with Crippen LogP contribution in [0.3, 0.4) is 0 Å². The van der Waals surface area contributed by atoms with Crippen LogP contribution in [0.2, 0.25) is 0 Å². The highest BCUT2D eigenvalue weighted by Crippen LogP contribution is 2.31. The Morgan fingerprint density at radius 1 is 1.40 bits per heavy atom. The Hall–Kier alpha value is -1.27. The van der Waals surface area contributed by atoms with Crippen LogP contribution in [-0.4, -0.2) is 33.9 Å². The van der Waals surface area contributed by atoms with Crippen molar-refractivity contribution in [2.75, 3.05) is 20.3 Å². The van der Waals surface area contributed by atoms with E-state index in [1.807, 2.05) is 18.2 Å². The molecule has 0 saturated heterocycles. The molecular formula is C14H19NO4S. The molecule has 110 valence electrons. The molecule has 1 unspecified atom stereocenters. The Balaban J connectivity index is 1.61. The van der Waals surface area contributed by atoms with Crippen molar-refractivity contribution in [1.29, 1.82) is 0 Å². The van der Waals surface area contributed by atoms with Gasteiger partial charge in [-0.25, -0.2) is 13.1 Å². The van der Waals surface area contributed by atoms with Crippen molar-refractivity contribution in [3.8, 4) is 11.5 Å². The second-order valence-electron chi connectivity index (χ2n) is 5.45. The molecule has 2 aliphatic rings. The van der Waals surface area contributed by atoms with E-state index in [2.05, 4.69) is 4.72 Å². The average molecular weight is 297 g/mol. The fraction of sp³-hybridized carbons (Fsp3) is 0.571. The van der Waals surface area contributed by atoms with Gasteiger partial charge >= 0.3 is 0 Å². The van der Waals surface area contributed by atoms with Crippen molar-refractivity contribution in [1.82, 2.24) is 4.72 Å². The Bertz CT molecular complexity index is 595. The van der Waals surface area contributed by atoms with E-state index >= 15 is 0 Å². The van der Waals surface area contributed by atoms with Crippen LogP contribution in [0.5, 0.6) is 11.5 Å². The van der Waals surface area contributed by atoms with Crippen LogP contribution in [0.1, 0.15) is 18.4 Å². The third-order valence-electron chi connectivity index (χ3n) is 3.79. The van der Waals surface area contributed by atoms with Crippen LogP contribution in [0.25, 0.3) is 0 Å². The summed E-state index contributed by atoms with van der Waals surface area (Å²) in [5, 5.41) is -0.163. The van der Waals surface area contributed by atoms with Gasteiger partial charge in [0.1, 0.15) is 11.5 Å². The average Bonchev–Trinajstić information content (AvgIpc) is 3.29. The van der Waals surface area contributed by atoms with E-state index in [9.17, 15) is 8.42 Å². The zero-order valence-electron chi connectivity index (χ0n) is 11.5. The van der Waals surface area contributed by atoms with E-state index < -0.39 is 10.0 Å². The Morgan fingerprint density at radius 2 is 2.20 bits per heavy atom. The lowest BCUT2D eigenvalue weighted by atomic mass is 9.97. The quantitative estimate of drug-likeness (QED) is 0.890. The first kappa shape index (κ1) is 13.7. The summed E-state index contributed by atoms with van der Waals surface area (Å²) in [6.45, 7) is 0.984. The maximum Gasteiger partial charge on any atom is 0.214 e. The number of sulfonamides is 1. The van der Waals surface area contributed by atoms with Gasteiger partial charge in [-0.15, -0.1) is 0 Å². The molecule has 0 spiro atoms. The molecule has 0 aromatic heterocycles. The predicted molar refractivity (Wildman–Crippen MR) is 75.6 cm³/mol. The van der Waals surface area contributed by atoms with Gasteiger partial charge < -0.3 is 9.47 Å². The smallest absolute Gasteiger partial charge is 0.214 e. The lowest BCUT2D eigenvalue weighted by molar-refractivity contribution is 0.222. The van der Waals surface area contributed by atoms with Crippen LogP contribution >= 0.6 is 0 Å². The summed E-state index contributed by atoms with van der Waals surface area (Å²) in [6.07, 6.45) is 2.41. The Kier molecular flexibility index (Phi) is 3.60. The van der Waals surface area contributed by atoms with Crippen LogP contribution in [0.4, 0.5) is 0 Å². The minimum absolute atomic E-state index is 0.163. The SMILES string of the molecule is COc1ccc2c(c1)OCC(CNS(=O)(=O)C1CC1)C2. The van der Waals surface area contributed by atoms with Crippen LogP contribution in [0.15, 0.2) is 18.2 Å². The maximum absolute atomic E-state index is 11.8. The number of fused-ring (bicyclic) bond motifs is 1. The molecule has 0 amide bonds. The number of rotatable bonds is 5. The summed E-state index contributed by atoms with van der Waals surface area (Å²) in [4.78, 5) is 0. The molecule has 1 atom stereocenters. The zero-order valence-corrected chi connectivity index (χ0v) is 12.3. The van der Waals surface area contributed by atoms with Crippen LogP contribution in [-0.2, 0) is 16.4 Å². The molecule has 1 saturated carbocycles. The van der Waals surface area contributed by atoms with Crippen molar-refractivity contribution in [2.45, 2.75) is 24.5 Å². The lowest BCUT2D eigenvalue weighted by Gasteiger charge is -2.25. The topological polar surface area (TPSA) is 64.6 Å². The highest BCUT2D eigenvalue weighted by atomic mass is 32.2. The van der Waals surface area contributed by atoms with Crippen molar-refractivity contribution in [2.24, 2.45) is 5.92 Å². The van der Waals surface area contributed by atoms with Gasteiger partial charge in [-0.3, -0.25) is 0 Å². The van der Waals surface area contributed by atoms with Crippen molar-refractivity contribution in [3.63, 3.8) is 0 Å². The predicted octanol–water partition coefficient (Wildman–Crippen LogP) is 1.33. The maximum atomic E-state index is 11.8. The summed E-state index contributed by atoms with van der Waals surface area (Å²) in [6, 6.07) is 5.76. The van der Waals surface area contributed by atoms with Gasteiger partial charge in [0.05, 0.1) is 19.0 Å². The number of hydrogen-bond acceptors (Lipinski definition) is 4. The van der Waals surface area contributed by atoms with Crippen molar-refractivity contribution < 1.29 is 17.9 Å². The summed E-state index contributed by atoms with van der Waals surface area (Å²) < 4.78 is 37.2. The van der Waals surface area contributed by atoms with E-state index in [0.29, 0.717) is 13.2 Å². The molecule has 1 aliphatic heterocycles. The molecule has 6 heteroatoms. The van der Waals surface area contributed by atoms with E-state index in [0.717, 1.165) is 36.3 Å². The third-order valence-corrected chi connectivity index (χ3v) is 5.71. The molecule has 1 heterocycles. The van der Waals surface area contributed by atoms with E-state index in [1.54, 1.807) is 7.11 Å². The first-order valence-electron chi connectivity index (χ1n) is 6.86. The number of nitrogens with one attached hydrogen (secondary N) is 1. The molecule has 1 aromatic rings. The van der Waals surface area contributed by atoms with Gasteiger partial charge in [0.15, 0.2) is 0 Å². The van der Waals surface area contributed by atoms with E-state index in [-0.39, 0.29) is 11.2 Å². The monoisotopic (exact) mass is 297 g/mol. The molecule has 1 N–H and O–H groups in total. The molecular weight excluding hydrogens is 278 g/mol. The summed E-state index contributed by atoms with van der Waals surface area (Å²) in [7, 11) is -1.48. The first-order chi connectivity index (χ1) is 9.58.